The summed E-state index contributed by atoms with van der Waals surface area (Å²) in [7, 11) is 1.59. The Labute approximate surface area is 174 Å². The number of carbonyl (C=O) groups is 3. The van der Waals surface area contributed by atoms with Crippen LogP contribution in [0.5, 0.6) is 5.75 Å². The monoisotopic (exact) mass is 409 g/mol. The van der Waals surface area contributed by atoms with Gasteiger partial charge in [-0.1, -0.05) is 42.5 Å². The number of carbonyl (C=O) groups excluding carboxylic acids is 3. The van der Waals surface area contributed by atoms with E-state index in [0.29, 0.717) is 6.42 Å². The maximum Gasteiger partial charge on any atom is 0.306 e. The van der Waals surface area contributed by atoms with Crippen LogP contribution in [0, 0.1) is 0 Å². The third-order valence-electron chi connectivity index (χ3n) is 4.69. The zero-order valence-electron chi connectivity index (χ0n) is 16.6. The number of rotatable bonds is 8. The third kappa shape index (κ3) is 5.22. The Kier molecular flexibility index (Phi) is 6.79. The number of amides is 2. The van der Waals surface area contributed by atoms with Gasteiger partial charge in [0.2, 0.25) is 5.91 Å². The van der Waals surface area contributed by atoms with Crippen molar-refractivity contribution >= 4 is 23.5 Å². The summed E-state index contributed by atoms with van der Waals surface area (Å²) in [5.74, 6) is -0.991. The normalized spacial score (nSPS) is 15.4. The number of ether oxygens (including phenoxy) is 2. The minimum atomic E-state index is -0.745. The molecule has 156 valence electrons. The lowest BCUT2D eigenvalue weighted by atomic mass is 9.98. The van der Waals surface area contributed by atoms with Gasteiger partial charge >= 0.3 is 5.97 Å². The molecular weight excluding hydrogens is 386 g/mol. The number of hydrogen-bond donors (Lipinski definition) is 1. The van der Waals surface area contributed by atoms with Crippen molar-refractivity contribution in [2.45, 2.75) is 25.3 Å². The fourth-order valence-electron chi connectivity index (χ4n) is 3.18. The number of hydrogen-bond acceptors (Lipinski definition) is 6. The quantitative estimate of drug-likeness (QED) is 0.672. The Morgan fingerprint density at radius 3 is 2.40 bits per heavy atom. The number of methoxy groups -OCH3 is 1. The second kappa shape index (κ2) is 9.69. The highest BCUT2D eigenvalue weighted by Gasteiger charge is 2.33. The van der Waals surface area contributed by atoms with E-state index >= 15 is 0 Å². The van der Waals surface area contributed by atoms with Crippen LogP contribution >= 0.6 is 0 Å². The van der Waals surface area contributed by atoms with Gasteiger partial charge in [-0.05, 0) is 23.3 Å². The van der Waals surface area contributed by atoms with Crippen molar-refractivity contribution in [3.05, 3.63) is 65.7 Å². The van der Waals surface area contributed by atoms with E-state index in [0.717, 1.165) is 22.6 Å². The molecule has 0 unspecified atom stereocenters. The van der Waals surface area contributed by atoms with E-state index in [9.17, 15) is 14.4 Å². The Hall–Kier alpha value is -3.68. The van der Waals surface area contributed by atoms with Crippen molar-refractivity contribution in [2.24, 2.45) is 10.8 Å². The summed E-state index contributed by atoms with van der Waals surface area (Å²) in [4.78, 5) is 35.3. The lowest BCUT2D eigenvalue weighted by Gasteiger charge is -2.22. The van der Waals surface area contributed by atoms with Gasteiger partial charge in [0.1, 0.15) is 5.75 Å². The Morgan fingerprint density at radius 2 is 1.77 bits per heavy atom. The minimum absolute atomic E-state index is 0.0875. The van der Waals surface area contributed by atoms with E-state index in [1.807, 2.05) is 54.6 Å². The van der Waals surface area contributed by atoms with Crippen LogP contribution in [0.4, 0.5) is 0 Å². The molecule has 2 aromatic rings. The first-order chi connectivity index (χ1) is 14.5. The predicted molar refractivity (Wildman–Crippen MR) is 110 cm³/mol. The van der Waals surface area contributed by atoms with Gasteiger partial charge in [0, 0.05) is 12.8 Å². The Balaban J connectivity index is 1.76. The summed E-state index contributed by atoms with van der Waals surface area (Å²) in [6, 6.07) is 16.8. The molecule has 30 heavy (non-hydrogen) atoms. The summed E-state index contributed by atoms with van der Waals surface area (Å²) < 4.78 is 9.92. The summed E-state index contributed by atoms with van der Waals surface area (Å²) >= 11 is 0. The number of hydrazone groups is 1. The highest BCUT2D eigenvalue weighted by atomic mass is 16.5. The standard InChI is InChI=1S/C22H23N3O5/c1-29-17-9-7-16(8-10-17)19-13-18(15-5-3-2-4-6-15)24-25(19)21(27)11-12-22(28)30-14-20(23)26/h2-10,19H,11-14H2,1H3,(H2,23,26)/t19-/m0/s1. The van der Waals surface area contributed by atoms with Gasteiger partial charge in [0.05, 0.1) is 25.3 Å². The van der Waals surface area contributed by atoms with Crippen LogP contribution in [0.15, 0.2) is 59.7 Å². The molecule has 0 aromatic heterocycles. The number of primary amides is 1. The fourth-order valence-corrected chi connectivity index (χ4v) is 3.18. The molecule has 8 heteroatoms. The van der Waals surface area contributed by atoms with Gasteiger partial charge in [-0.15, -0.1) is 0 Å². The number of nitrogens with zero attached hydrogens (tertiary/aromatic N) is 2. The molecule has 1 atom stereocenters. The van der Waals surface area contributed by atoms with Crippen molar-refractivity contribution in [3.8, 4) is 5.75 Å². The Morgan fingerprint density at radius 1 is 1.07 bits per heavy atom. The van der Waals surface area contributed by atoms with Crippen LogP contribution < -0.4 is 10.5 Å². The van der Waals surface area contributed by atoms with Gasteiger partial charge < -0.3 is 15.2 Å². The first-order valence-electron chi connectivity index (χ1n) is 9.50. The van der Waals surface area contributed by atoms with Gasteiger partial charge in [0.15, 0.2) is 6.61 Å². The third-order valence-corrected chi connectivity index (χ3v) is 4.69. The van der Waals surface area contributed by atoms with Crippen LogP contribution in [-0.4, -0.2) is 42.2 Å². The van der Waals surface area contributed by atoms with Gasteiger partial charge in [0.25, 0.3) is 5.91 Å². The first kappa shape index (κ1) is 21.0. The maximum atomic E-state index is 12.9. The molecule has 0 radical (unpaired) electrons. The van der Waals surface area contributed by atoms with Crippen LogP contribution in [0.3, 0.4) is 0 Å². The number of benzene rings is 2. The smallest absolute Gasteiger partial charge is 0.306 e. The largest absolute Gasteiger partial charge is 0.497 e. The molecule has 2 amide bonds. The van der Waals surface area contributed by atoms with E-state index in [1.165, 1.54) is 5.01 Å². The second-order valence-corrected chi connectivity index (χ2v) is 6.77. The maximum absolute atomic E-state index is 12.9. The molecule has 3 rings (SSSR count). The number of nitrogens with two attached hydrogens (primary N) is 1. The summed E-state index contributed by atoms with van der Waals surface area (Å²) in [6.07, 6.45) is 0.304. The van der Waals surface area contributed by atoms with Gasteiger partial charge in [-0.25, -0.2) is 5.01 Å². The van der Waals surface area contributed by atoms with Crippen LogP contribution in [0.25, 0.3) is 0 Å². The minimum Gasteiger partial charge on any atom is -0.497 e. The lowest BCUT2D eigenvalue weighted by molar-refractivity contribution is -0.149. The van der Waals surface area contributed by atoms with E-state index in [-0.39, 0.29) is 24.8 Å². The lowest BCUT2D eigenvalue weighted by Crippen LogP contribution is -2.28. The van der Waals surface area contributed by atoms with E-state index in [1.54, 1.807) is 7.11 Å². The molecule has 0 saturated heterocycles. The SMILES string of the molecule is COc1ccc([C@@H]2CC(c3ccccc3)=NN2C(=O)CCC(=O)OCC(N)=O)cc1. The average Bonchev–Trinajstić information content (AvgIpc) is 3.22. The molecule has 8 nitrogen and oxygen atoms in total. The fraction of sp³-hybridized carbons (Fsp3) is 0.273. The molecule has 0 aliphatic carbocycles. The molecule has 1 heterocycles. The highest BCUT2D eigenvalue weighted by Crippen LogP contribution is 2.34. The van der Waals surface area contributed by atoms with E-state index in [4.69, 9.17) is 15.2 Å². The molecule has 2 N–H and O–H groups in total. The second-order valence-electron chi connectivity index (χ2n) is 6.77. The summed E-state index contributed by atoms with van der Waals surface area (Å²) in [5.41, 5.74) is 7.59. The van der Waals surface area contributed by atoms with Crippen molar-refractivity contribution in [3.63, 3.8) is 0 Å². The molecule has 1 aliphatic heterocycles. The molecular formula is C22H23N3O5. The van der Waals surface area contributed by atoms with E-state index < -0.39 is 18.5 Å². The van der Waals surface area contributed by atoms with Crippen LogP contribution in [0.2, 0.25) is 0 Å². The van der Waals surface area contributed by atoms with Crippen LogP contribution in [0.1, 0.15) is 36.4 Å². The zero-order chi connectivity index (χ0) is 21.5. The van der Waals surface area contributed by atoms with Gasteiger partial charge in [-0.2, -0.15) is 5.10 Å². The molecule has 0 spiro atoms. The highest BCUT2D eigenvalue weighted by molar-refractivity contribution is 6.03. The summed E-state index contributed by atoms with van der Waals surface area (Å²) in [6.45, 7) is -0.498. The van der Waals surface area contributed by atoms with E-state index in [2.05, 4.69) is 5.10 Å². The summed E-state index contributed by atoms with van der Waals surface area (Å²) in [5, 5.41) is 5.98. The molecule has 0 bridgehead atoms. The van der Waals surface area contributed by atoms with Crippen molar-refractivity contribution in [1.29, 1.82) is 0 Å². The number of esters is 1. The molecule has 2 aromatic carbocycles. The molecule has 0 fully saturated rings. The predicted octanol–water partition coefficient (Wildman–Crippen LogP) is 2.18. The Bertz CT molecular complexity index is 941. The topological polar surface area (TPSA) is 111 Å². The van der Waals surface area contributed by atoms with Crippen molar-refractivity contribution in [2.75, 3.05) is 13.7 Å². The van der Waals surface area contributed by atoms with Crippen molar-refractivity contribution in [1.82, 2.24) is 5.01 Å². The van der Waals surface area contributed by atoms with Crippen molar-refractivity contribution < 1.29 is 23.9 Å². The molecule has 1 aliphatic rings. The first-order valence-corrected chi connectivity index (χ1v) is 9.50. The van der Waals surface area contributed by atoms with Gasteiger partial charge in [-0.3, -0.25) is 14.4 Å². The molecule has 0 saturated carbocycles. The average molecular weight is 409 g/mol. The van der Waals surface area contributed by atoms with Crippen LogP contribution in [-0.2, 0) is 19.1 Å². The zero-order valence-corrected chi connectivity index (χ0v) is 16.6.